The molecular formula is C11F24N4. The molecule has 0 aliphatic heterocycles. The standard InChI is InChI=1S/C11F24N4/c12-4(13,14)36(5(15,16)17)2(37(6(18,19)20)7(21,22)23)1-3(38(8(24,25)26)9(27,28)29)39(10(30,31)32)11(33,34)35. The van der Waals surface area contributed by atoms with Crippen LogP contribution in [0.5, 0.6) is 0 Å². The van der Waals surface area contributed by atoms with Gasteiger partial charge in [-0.1, -0.05) is 0 Å². The highest BCUT2D eigenvalue weighted by Gasteiger charge is 2.67. The van der Waals surface area contributed by atoms with Gasteiger partial charge in [0.2, 0.25) is 0 Å². The van der Waals surface area contributed by atoms with Crippen molar-refractivity contribution in [1.82, 2.24) is 19.6 Å². The van der Waals surface area contributed by atoms with Gasteiger partial charge in [0, 0.05) is 0 Å². The first-order valence-corrected chi connectivity index (χ1v) is 7.72. The zero-order valence-electron chi connectivity index (χ0n) is 16.4. The lowest BCUT2D eigenvalue weighted by Crippen LogP contribution is -2.59. The van der Waals surface area contributed by atoms with E-state index in [4.69, 9.17) is 0 Å². The monoisotopic (exact) mass is 644 g/mol. The van der Waals surface area contributed by atoms with Crippen molar-refractivity contribution in [2.75, 3.05) is 0 Å². The van der Waals surface area contributed by atoms with E-state index in [9.17, 15) is 105 Å². The highest BCUT2D eigenvalue weighted by Crippen LogP contribution is 2.48. The van der Waals surface area contributed by atoms with Gasteiger partial charge >= 0.3 is 50.4 Å². The van der Waals surface area contributed by atoms with Crippen LogP contribution in [0.2, 0.25) is 0 Å². The molecule has 4 nitrogen and oxygen atoms in total. The third-order valence-corrected chi connectivity index (χ3v) is 3.10. The fourth-order valence-electron chi connectivity index (χ4n) is 2.06. The van der Waals surface area contributed by atoms with Crippen molar-refractivity contribution in [1.29, 1.82) is 0 Å². The van der Waals surface area contributed by atoms with Crippen molar-refractivity contribution in [3.63, 3.8) is 0 Å². The molecule has 0 aromatic carbocycles. The van der Waals surface area contributed by atoms with Crippen molar-refractivity contribution in [3.05, 3.63) is 17.4 Å². The Morgan fingerprint density at radius 1 is 0.256 bits per heavy atom. The molecule has 0 saturated carbocycles. The van der Waals surface area contributed by atoms with Crippen LogP contribution in [0.25, 0.3) is 0 Å². The Morgan fingerprint density at radius 3 is 0.436 bits per heavy atom. The Kier molecular flexibility index (Phi) is 9.15. The van der Waals surface area contributed by atoms with E-state index in [0.29, 0.717) is 0 Å². The summed E-state index contributed by atoms with van der Waals surface area (Å²) in [6.07, 6.45) is -63.1. The van der Waals surface area contributed by atoms with Gasteiger partial charge in [-0.15, -0.1) is 105 Å². The quantitative estimate of drug-likeness (QED) is 0.177. The maximum atomic E-state index is 12.8. The summed E-state index contributed by atoms with van der Waals surface area (Å²) in [5.41, 5.74) is -1.52. The van der Waals surface area contributed by atoms with Crippen LogP contribution in [0, 0.1) is 0 Å². The summed E-state index contributed by atoms with van der Waals surface area (Å²) in [4.78, 5) is -17.2. The van der Waals surface area contributed by atoms with E-state index in [1.807, 2.05) is 0 Å². The molecule has 0 rings (SSSR count). The number of alkyl halides is 24. The average Bonchev–Trinajstić information content (AvgIpc) is 2.41. The summed E-state index contributed by atoms with van der Waals surface area (Å²) >= 11 is 0. The maximum absolute atomic E-state index is 12.8. The van der Waals surface area contributed by atoms with Crippen LogP contribution in [-0.2, 0) is 0 Å². The second kappa shape index (κ2) is 9.90. The molecule has 232 valence electrons. The number of rotatable bonds is 4. The Balaban J connectivity index is 9.04. The first-order valence-electron chi connectivity index (χ1n) is 7.72. The topological polar surface area (TPSA) is 13.0 Å². The highest BCUT2D eigenvalue weighted by atomic mass is 19.5. The minimum absolute atomic E-state index is 1.52. The van der Waals surface area contributed by atoms with Gasteiger partial charge in [0.25, 0.3) is 0 Å². The van der Waals surface area contributed by atoms with E-state index in [1.165, 1.54) is 0 Å². The van der Waals surface area contributed by atoms with E-state index in [0.717, 1.165) is 0 Å². The van der Waals surface area contributed by atoms with E-state index < -0.39 is 87.4 Å². The summed E-state index contributed by atoms with van der Waals surface area (Å²) < 4.78 is 308. The van der Waals surface area contributed by atoms with Crippen LogP contribution in [-0.4, -0.2) is 70.0 Å². The van der Waals surface area contributed by atoms with Crippen molar-refractivity contribution in [2.24, 2.45) is 0 Å². The lowest BCUT2D eigenvalue weighted by Gasteiger charge is -2.39. The molecule has 0 atom stereocenters. The highest BCUT2D eigenvalue weighted by molar-refractivity contribution is 5.13. The summed E-state index contributed by atoms with van der Waals surface area (Å²) in [6.45, 7) is 0. The predicted octanol–water partition coefficient (Wildman–Crippen LogP) is 7.63. The Labute approximate surface area is 194 Å². The van der Waals surface area contributed by atoms with Crippen molar-refractivity contribution in [3.8, 4) is 0 Å². The van der Waals surface area contributed by atoms with Crippen LogP contribution in [0.3, 0.4) is 0 Å². The Hall–Kier alpha value is -2.96. The predicted molar refractivity (Wildman–Crippen MR) is 66.3 cm³/mol. The van der Waals surface area contributed by atoms with Crippen molar-refractivity contribution < 1.29 is 105 Å². The van der Waals surface area contributed by atoms with Gasteiger partial charge < -0.3 is 0 Å². The van der Waals surface area contributed by atoms with Crippen LogP contribution in [0.15, 0.2) is 17.4 Å². The van der Waals surface area contributed by atoms with Gasteiger partial charge in [-0.25, -0.2) is 0 Å². The summed E-state index contributed by atoms with van der Waals surface area (Å²) in [5.74, 6) is -10.7. The molecule has 0 aliphatic rings. The van der Waals surface area contributed by atoms with Crippen LogP contribution in [0.4, 0.5) is 105 Å². The zero-order chi connectivity index (χ0) is 32.2. The van der Waals surface area contributed by atoms with E-state index in [2.05, 4.69) is 0 Å². The van der Waals surface area contributed by atoms with Gasteiger partial charge in [0.05, 0.1) is 0 Å². The zero-order valence-corrected chi connectivity index (χ0v) is 16.4. The molecule has 0 spiro atoms. The molecule has 0 fully saturated rings. The van der Waals surface area contributed by atoms with Crippen LogP contribution in [0.1, 0.15) is 0 Å². The minimum Gasteiger partial charge on any atom is -0.170 e. The second-order valence-electron chi connectivity index (χ2n) is 5.86. The molecule has 0 radical (unpaired) electrons. The van der Waals surface area contributed by atoms with E-state index in [-0.39, 0.29) is 0 Å². The fraction of sp³-hybridized carbons (Fsp3) is 0.727. The van der Waals surface area contributed by atoms with Gasteiger partial charge in [0.1, 0.15) is 0 Å². The van der Waals surface area contributed by atoms with Crippen molar-refractivity contribution >= 4 is 0 Å². The fourth-order valence-corrected chi connectivity index (χ4v) is 2.06. The van der Waals surface area contributed by atoms with E-state index in [1.54, 1.807) is 0 Å². The molecule has 0 aromatic heterocycles. The molecule has 0 aliphatic carbocycles. The lowest BCUT2D eigenvalue weighted by atomic mass is 10.4. The molecule has 0 aromatic rings. The first-order chi connectivity index (χ1) is 16.5. The third-order valence-electron chi connectivity index (χ3n) is 3.10. The molecule has 0 N–H and O–H groups in total. The largest absolute Gasteiger partial charge is 0.493 e. The summed E-state index contributed by atoms with van der Waals surface area (Å²) in [7, 11) is 0. The smallest absolute Gasteiger partial charge is 0.170 e. The second-order valence-corrected chi connectivity index (χ2v) is 5.86. The first kappa shape index (κ1) is 36.0. The summed E-state index contributed by atoms with van der Waals surface area (Å²) in [6, 6.07) is 0. The van der Waals surface area contributed by atoms with Gasteiger partial charge in [-0.2, -0.15) is 19.6 Å². The average molecular weight is 644 g/mol. The van der Waals surface area contributed by atoms with Crippen LogP contribution >= 0.6 is 0 Å². The van der Waals surface area contributed by atoms with Crippen LogP contribution < -0.4 is 0 Å². The van der Waals surface area contributed by atoms with E-state index >= 15 is 0 Å². The van der Waals surface area contributed by atoms with Gasteiger partial charge in [0.15, 0.2) is 11.6 Å². The molecule has 0 saturated heterocycles. The number of hydrogen-bond acceptors (Lipinski definition) is 4. The Bertz CT molecular complexity index is 712. The summed E-state index contributed by atoms with van der Waals surface area (Å²) in [5, 5.41) is 0. The number of nitrogens with zero attached hydrogens (tertiary/aromatic N) is 4. The molecule has 0 unspecified atom stereocenters. The molecule has 0 bridgehead atoms. The molecule has 0 amide bonds. The lowest BCUT2D eigenvalue weighted by molar-refractivity contribution is -0.406. The van der Waals surface area contributed by atoms with Crippen molar-refractivity contribution in [2.45, 2.75) is 50.4 Å². The number of halogens is 24. The molecule has 0 heterocycles. The number of hydrogen-bond donors (Lipinski definition) is 0. The molecular weight excluding hydrogens is 644 g/mol. The van der Waals surface area contributed by atoms with Gasteiger partial charge in [-0.3, -0.25) is 0 Å². The Morgan fingerprint density at radius 2 is 0.359 bits per heavy atom. The molecule has 39 heavy (non-hydrogen) atoms. The third kappa shape index (κ3) is 9.04. The normalized spacial score (nSPS) is 14.6. The minimum atomic E-state index is -7.89. The maximum Gasteiger partial charge on any atom is 0.493 e. The SMILES string of the molecule is FC(F)(F)N(C(=C=C(N(C(F)(F)F)C(F)(F)F)N(C(F)(F)F)C(F)(F)F)N(C(F)(F)F)C(F)(F)F)C(F)(F)F. The molecule has 28 heteroatoms. The van der Waals surface area contributed by atoms with Gasteiger partial charge in [-0.05, 0) is 5.73 Å².